The van der Waals surface area contributed by atoms with Crippen molar-refractivity contribution in [3.8, 4) is 0 Å². The van der Waals surface area contributed by atoms with E-state index in [4.69, 9.17) is 10.8 Å². The van der Waals surface area contributed by atoms with Gasteiger partial charge in [0.25, 0.3) is 0 Å². The maximum atomic E-state index is 10.8. The third-order valence-corrected chi connectivity index (χ3v) is 2.76. The van der Waals surface area contributed by atoms with Crippen LogP contribution in [0.3, 0.4) is 0 Å². The van der Waals surface area contributed by atoms with Gasteiger partial charge in [-0.15, -0.1) is 0 Å². The molecule has 0 aliphatic carbocycles. The normalized spacial score (nSPS) is 10.5. The predicted octanol–water partition coefficient (Wildman–Crippen LogP) is 2.28. The standard InChI is InChI=1S/C10H7BrN2O2/c11-7-3-1-2-5-8(12)6(10(14)15)4-13-9(5)7/h1-4H,(H2,12,13)(H,14,15). The molecule has 0 bridgehead atoms. The van der Waals surface area contributed by atoms with Crippen molar-refractivity contribution >= 4 is 38.5 Å². The second-order valence-corrected chi connectivity index (χ2v) is 3.88. The van der Waals surface area contributed by atoms with Gasteiger partial charge in [0.05, 0.1) is 11.2 Å². The quantitative estimate of drug-likeness (QED) is 0.831. The fraction of sp³-hybridized carbons (Fsp3) is 0. The monoisotopic (exact) mass is 266 g/mol. The number of nitrogens with two attached hydrogens (primary N) is 1. The first-order valence-electron chi connectivity index (χ1n) is 4.17. The lowest BCUT2D eigenvalue weighted by atomic mass is 10.1. The molecule has 15 heavy (non-hydrogen) atoms. The fourth-order valence-electron chi connectivity index (χ4n) is 1.38. The number of fused-ring (bicyclic) bond motifs is 1. The summed E-state index contributed by atoms with van der Waals surface area (Å²) in [5.74, 6) is -1.07. The van der Waals surface area contributed by atoms with Crippen molar-refractivity contribution in [2.75, 3.05) is 5.73 Å². The number of carboxylic acid groups (broad SMARTS) is 1. The summed E-state index contributed by atoms with van der Waals surface area (Å²) < 4.78 is 0.795. The van der Waals surface area contributed by atoms with E-state index in [0.717, 1.165) is 4.47 Å². The number of hydrogen-bond acceptors (Lipinski definition) is 3. The first-order chi connectivity index (χ1) is 7.11. The molecule has 0 atom stereocenters. The minimum atomic E-state index is -1.07. The van der Waals surface area contributed by atoms with E-state index in [2.05, 4.69) is 20.9 Å². The number of anilines is 1. The van der Waals surface area contributed by atoms with Crippen molar-refractivity contribution in [2.45, 2.75) is 0 Å². The van der Waals surface area contributed by atoms with E-state index in [1.807, 2.05) is 6.07 Å². The number of benzene rings is 1. The lowest BCUT2D eigenvalue weighted by Crippen LogP contribution is -2.04. The Kier molecular flexibility index (Phi) is 2.32. The number of nitrogens with zero attached hydrogens (tertiary/aromatic N) is 1. The van der Waals surface area contributed by atoms with Gasteiger partial charge >= 0.3 is 5.97 Å². The van der Waals surface area contributed by atoms with Crippen molar-refractivity contribution in [3.05, 3.63) is 34.4 Å². The number of hydrogen-bond donors (Lipinski definition) is 2. The van der Waals surface area contributed by atoms with E-state index in [0.29, 0.717) is 10.9 Å². The summed E-state index contributed by atoms with van der Waals surface area (Å²) in [7, 11) is 0. The molecule has 1 aromatic heterocycles. The highest BCUT2D eigenvalue weighted by atomic mass is 79.9. The highest BCUT2D eigenvalue weighted by Gasteiger charge is 2.12. The third-order valence-electron chi connectivity index (χ3n) is 2.12. The van der Waals surface area contributed by atoms with Crippen LogP contribution in [0.4, 0.5) is 5.69 Å². The molecule has 3 N–H and O–H groups in total. The first-order valence-corrected chi connectivity index (χ1v) is 4.96. The van der Waals surface area contributed by atoms with Gasteiger partial charge in [-0.25, -0.2) is 4.79 Å². The van der Waals surface area contributed by atoms with Crippen LogP contribution >= 0.6 is 15.9 Å². The molecule has 4 nitrogen and oxygen atoms in total. The minimum Gasteiger partial charge on any atom is -0.478 e. The zero-order chi connectivity index (χ0) is 11.0. The molecule has 2 rings (SSSR count). The van der Waals surface area contributed by atoms with E-state index in [9.17, 15) is 4.79 Å². The van der Waals surface area contributed by atoms with Crippen LogP contribution in [0.5, 0.6) is 0 Å². The zero-order valence-electron chi connectivity index (χ0n) is 7.57. The van der Waals surface area contributed by atoms with Gasteiger partial charge in [-0.2, -0.15) is 0 Å². The Morgan fingerprint density at radius 2 is 2.20 bits per heavy atom. The lowest BCUT2D eigenvalue weighted by Gasteiger charge is -2.05. The second-order valence-electron chi connectivity index (χ2n) is 3.03. The van der Waals surface area contributed by atoms with Gasteiger partial charge in [0.15, 0.2) is 0 Å². The molecule has 0 aliphatic heterocycles. The molecule has 0 saturated heterocycles. The Hall–Kier alpha value is -1.62. The Labute approximate surface area is 93.9 Å². The molecular weight excluding hydrogens is 260 g/mol. The van der Waals surface area contributed by atoms with Crippen LogP contribution in [0.1, 0.15) is 10.4 Å². The highest BCUT2D eigenvalue weighted by molar-refractivity contribution is 9.10. The Morgan fingerprint density at radius 3 is 2.87 bits per heavy atom. The zero-order valence-corrected chi connectivity index (χ0v) is 9.15. The summed E-state index contributed by atoms with van der Waals surface area (Å²) in [4.78, 5) is 14.9. The van der Waals surface area contributed by atoms with Gasteiger partial charge in [-0.1, -0.05) is 12.1 Å². The average molecular weight is 267 g/mol. The first kappa shape index (κ1) is 9.92. The maximum Gasteiger partial charge on any atom is 0.339 e. The number of aromatic nitrogens is 1. The van der Waals surface area contributed by atoms with Crippen LogP contribution in [0.25, 0.3) is 10.9 Å². The van der Waals surface area contributed by atoms with E-state index >= 15 is 0 Å². The van der Waals surface area contributed by atoms with E-state index in [-0.39, 0.29) is 11.3 Å². The smallest absolute Gasteiger partial charge is 0.339 e. The Bertz CT molecular complexity index is 554. The summed E-state index contributed by atoms with van der Waals surface area (Å²) in [6, 6.07) is 5.36. The number of carbonyl (C=O) groups is 1. The summed E-state index contributed by atoms with van der Waals surface area (Å²) >= 11 is 3.33. The summed E-state index contributed by atoms with van der Waals surface area (Å²) in [5.41, 5.74) is 6.69. The van der Waals surface area contributed by atoms with Crippen molar-refractivity contribution in [2.24, 2.45) is 0 Å². The van der Waals surface area contributed by atoms with Crippen molar-refractivity contribution < 1.29 is 9.90 Å². The Balaban J connectivity index is 2.86. The van der Waals surface area contributed by atoms with Crippen molar-refractivity contribution in [1.82, 2.24) is 4.98 Å². The number of rotatable bonds is 1. The van der Waals surface area contributed by atoms with Crippen molar-refractivity contribution in [1.29, 1.82) is 0 Å². The van der Waals surface area contributed by atoms with Gasteiger partial charge in [-0.3, -0.25) is 4.98 Å². The molecule has 1 aromatic carbocycles. The van der Waals surface area contributed by atoms with Gasteiger partial charge in [0.1, 0.15) is 5.56 Å². The summed E-state index contributed by atoms with van der Waals surface area (Å²) in [6.45, 7) is 0. The van der Waals surface area contributed by atoms with Crippen LogP contribution in [0.15, 0.2) is 28.9 Å². The Morgan fingerprint density at radius 1 is 1.47 bits per heavy atom. The maximum absolute atomic E-state index is 10.8. The van der Waals surface area contributed by atoms with Crippen molar-refractivity contribution in [3.63, 3.8) is 0 Å². The molecule has 0 aliphatic rings. The summed E-state index contributed by atoms with van der Waals surface area (Å²) in [6.07, 6.45) is 1.27. The highest BCUT2D eigenvalue weighted by Crippen LogP contribution is 2.27. The number of halogens is 1. The number of nitrogen functional groups attached to an aromatic ring is 1. The number of carboxylic acids is 1. The van der Waals surface area contributed by atoms with Crippen LogP contribution in [-0.2, 0) is 0 Å². The molecule has 76 valence electrons. The molecule has 0 saturated carbocycles. The average Bonchev–Trinajstić information content (AvgIpc) is 2.19. The largest absolute Gasteiger partial charge is 0.478 e. The number of aromatic carboxylic acids is 1. The summed E-state index contributed by atoms with van der Waals surface area (Å²) in [5, 5.41) is 9.51. The molecule has 0 radical (unpaired) electrons. The van der Waals surface area contributed by atoms with E-state index in [1.165, 1.54) is 6.20 Å². The van der Waals surface area contributed by atoms with Crippen LogP contribution in [0.2, 0.25) is 0 Å². The van der Waals surface area contributed by atoms with Gasteiger partial charge in [-0.05, 0) is 22.0 Å². The number of pyridine rings is 1. The molecule has 0 fully saturated rings. The van der Waals surface area contributed by atoms with Crippen LogP contribution in [0, 0.1) is 0 Å². The molecule has 0 unspecified atom stereocenters. The second kappa shape index (κ2) is 3.51. The minimum absolute atomic E-state index is 0.0283. The van der Waals surface area contributed by atoms with E-state index < -0.39 is 5.97 Å². The molecule has 5 heteroatoms. The predicted molar refractivity (Wildman–Crippen MR) is 60.8 cm³/mol. The SMILES string of the molecule is Nc1c(C(=O)O)cnc2c(Br)cccc12. The third kappa shape index (κ3) is 1.55. The van der Waals surface area contributed by atoms with Gasteiger partial charge in [0.2, 0.25) is 0 Å². The fourth-order valence-corrected chi connectivity index (χ4v) is 1.85. The lowest BCUT2D eigenvalue weighted by molar-refractivity contribution is 0.0698. The van der Waals surface area contributed by atoms with Gasteiger partial charge in [0, 0.05) is 16.1 Å². The topological polar surface area (TPSA) is 76.2 Å². The molecule has 0 spiro atoms. The number of para-hydroxylation sites is 1. The van der Waals surface area contributed by atoms with E-state index in [1.54, 1.807) is 12.1 Å². The molecule has 1 heterocycles. The molecular formula is C10H7BrN2O2. The molecule has 0 amide bonds. The van der Waals surface area contributed by atoms with Crippen LogP contribution in [-0.4, -0.2) is 16.1 Å². The van der Waals surface area contributed by atoms with Gasteiger partial charge < -0.3 is 10.8 Å². The molecule has 2 aromatic rings. The van der Waals surface area contributed by atoms with Crippen LogP contribution < -0.4 is 5.73 Å².